The molecule has 16 heavy (non-hydrogen) atoms. The van der Waals surface area contributed by atoms with Gasteiger partial charge in [0, 0.05) is 6.42 Å². The van der Waals surface area contributed by atoms with E-state index in [2.05, 4.69) is 15.6 Å². The Bertz CT molecular complexity index is 401. The van der Waals surface area contributed by atoms with E-state index >= 15 is 0 Å². The first-order valence-corrected chi connectivity index (χ1v) is 4.55. The van der Waals surface area contributed by atoms with Crippen LogP contribution in [0.1, 0.15) is 5.56 Å². The number of hydrogen-bond acceptors (Lipinski definition) is 4. The summed E-state index contributed by atoms with van der Waals surface area (Å²) >= 11 is 0. The van der Waals surface area contributed by atoms with Gasteiger partial charge in [-0.3, -0.25) is 5.43 Å². The van der Waals surface area contributed by atoms with E-state index in [0.29, 0.717) is 0 Å². The first-order valence-electron chi connectivity index (χ1n) is 4.55. The van der Waals surface area contributed by atoms with Gasteiger partial charge in [0.25, 0.3) is 0 Å². The van der Waals surface area contributed by atoms with Crippen molar-refractivity contribution in [2.75, 3.05) is 0 Å². The fourth-order valence-corrected chi connectivity index (χ4v) is 1.09. The molecule has 0 radical (unpaired) electrons. The van der Waals surface area contributed by atoms with E-state index in [9.17, 15) is 4.79 Å². The number of rotatable bonds is 5. The van der Waals surface area contributed by atoms with Gasteiger partial charge < -0.3 is 10.9 Å². The van der Waals surface area contributed by atoms with E-state index in [-0.39, 0.29) is 12.1 Å². The van der Waals surface area contributed by atoms with Crippen molar-refractivity contribution in [2.24, 2.45) is 16.0 Å². The van der Waals surface area contributed by atoms with Gasteiger partial charge in [-0.2, -0.15) is 10.2 Å². The molecule has 1 aromatic rings. The zero-order valence-corrected chi connectivity index (χ0v) is 8.50. The highest BCUT2D eigenvalue weighted by atomic mass is 16.4. The molecule has 0 heterocycles. The van der Waals surface area contributed by atoms with Crippen LogP contribution in [-0.2, 0) is 11.2 Å². The number of nitrogens with zero attached hydrogens (tertiary/aromatic N) is 2. The second-order valence-corrected chi connectivity index (χ2v) is 2.93. The third-order valence-electron chi connectivity index (χ3n) is 1.79. The summed E-state index contributed by atoms with van der Waals surface area (Å²) in [6.45, 7) is 0. The van der Waals surface area contributed by atoms with Crippen LogP contribution in [0.2, 0.25) is 0 Å². The van der Waals surface area contributed by atoms with Crippen molar-refractivity contribution in [2.45, 2.75) is 6.42 Å². The van der Waals surface area contributed by atoms with Gasteiger partial charge in [0.05, 0.1) is 0 Å². The first kappa shape index (κ1) is 11.7. The summed E-state index contributed by atoms with van der Waals surface area (Å²) in [7, 11) is 0. The van der Waals surface area contributed by atoms with Crippen molar-refractivity contribution in [3.05, 3.63) is 35.9 Å². The molecule has 0 saturated heterocycles. The number of nitrogens with one attached hydrogen (secondary N) is 1. The predicted molar refractivity (Wildman–Crippen MR) is 61.0 cm³/mol. The molecule has 4 N–H and O–H groups in total. The number of carbonyl (C=O) groups is 1. The maximum atomic E-state index is 10.9. The predicted octanol–water partition coefficient (Wildman–Crippen LogP) is 0.161. The molecular weight excluding hydrogens is 208 g/mol. The van der Waals surface area contributed by atoms with Gasteiger partial charge in [-0.05, 0) is 5.56 Å². The fourth-order valence-electron chi connectivity index (χ4n) is 1.09. The monoisotopic (exact) mass is 220 g/mol. The maximum absolute atomic E-state index is 10.9. The van der Waals surface area contributed by atoms with Crippen molar-refractivity contribution in [1.82, 2.24) is 5.43 Å². The third kappa shape index (κ3) is 3.79. The van der Waals surface area contributed by atoms with Crippen LogP contribution in [0, 0.1) is 0 Å². The van der Waals surface area contributed by atoms with Crippen molar-refractivity contribution in [1.29, 1.82) is 0 Å². The van der Waals surface area contributed by atoms with E-state index < -0.39 is 5.97 Å². The second kappa shape index (κ2) is 6.18. The normalized spacial score (nSPS) is 11.6. The highest BCUT2D eigenvalue weighted by molar-refractivity contribution is 6.36. The molecular formula is C10H12N4O2. The van der Waals surface area contributed by atoms with Gasteiger partial charge >= 0.3 is 5.97 Å². The molecule has 0 saturated carbocycles. The molecule has 0 aromatic heterocycles. The maximum Gasteiger partial charge on any atom is 0.352 e. The minimum atomic E-state index is -1.08. The van der Waals surface area contributed by atoms with Crippen molar-refractivity contribution in [3.63, 3.8) is 0 Å². The average molecular weight is 220 g/mol. The lowest BCUT2D eigenvalue weighted by atomic mass is 10.1. The molecule has 0 amide bonds. The topological polar surface area (TPSA) is 100 Å². The summed E-state index contributed by atoms with van der Waals surface area (Å²) < 4.78 is 0. The minimum Gasteiger partial charge on any atom is -0.477 e. The van der Waals surface area contributed by atoms with Gasteiger partial charge in [-0.1, -0.05) is 30.3 Å². The molecule has 0 aliphatic heterocycles. The lowest BCUT2D eigenvalue weighted by Gasteiger charge is -2.01. The summed E-state index contributed by atoms with van der Waals surface area (Å²) in [6.07, 6.45) is 1.34. The molecule has 1 aromatic carbocycles. The van der Waals surface area contributed by atoms with Gasteiger partial charge in [0.15, 0.2) is 0 Å². The van der Waals surface area contributed by atoms with Crippen LogP contribution in [-0.4, -0.2) is 23.1 Å². The Labute approximate surface area is 92.5 Å². The Morgan fingerprint density at radius 1 is 1.44 bits per heavy atom. The van der Waals surface area contributed by atoms with Crippen molar-refractivity contribution in [3.8, 4) is 0 Å². The fraction of sp³-hybridized carbons (Fsp3) is 0.100. The van der Waals surface area contributed by atoms with Crippen LogP contribution < -0.4 is 11.3 Å². The molecule has 0 bridgehead atoms. The molecule has 0 aliphatic rings. The zero-order valence-electron chi connectivity index (χ0n) is 8.50. The Balaban J connectivity index is 2.72. The molecule has 0 aliphatic carbocycles. The molecule has 84 valence electrons. The summed E-state index contributed by atoms with van der Waals surface area (Å²) in [4.78, 5) is 10.9. The molecule has 0 spiro atoms. The molecule has 6 nitrogen and oxygen atoms in total. The number of aliphatic carboxylic acids is 1. The van der Waals surface area contributed by atoms with Crippen LogP contribution in [0.25, 0.3) is 0 Å². The third-order valence-corrected chi connectivity index (χ3v) is 1.79. The summed E-state index contributed by atoms with van der Waals surface area (Å²) in [5.74, 6) is 3.75. The summed E-state index contributed by atoms with van der Waals surface area (Å²) in [6, 6.07) is 9.19. The van der Waals surface area contributed by atoms with E-state index in [1.54, 1.807) is 0 Å². The number of nitrogens with two attached hydrogens (primary N) is 1. The van der Waals surface area contributed by atoms with Crippen LogP contribution in [0.3, 0.4) is 0 Å². The average Bonchev–Trinajstić information content (AvgIpc) is 2.29. The zero-order chi connectivity index (χ0) is 11.8. The van der Waals surface area contributed by atoms with Crippen molar-refractivity contribution < 1.29 is 9.90 Å². The number of carboxylic acids is 1. The highest BCUT2D eigenvalue weighted by Gasteiger charge is 2.09. The molecule has 6 heteroatoms. The number of hydrogen-bond donors (Lipinski definition) is 3. The van der Waals surface area contributed by atoms with Crippen molar-refractivity contribution >= 4 is 18.0 Å². The lowest BCUT2D eigenvalue weighted by Crippen LogP contribution is -2.20. The van der Waals surface area contributed by atoms with Gasteiger partial charge in [-0.25, -0.2) is 4.79 Å². The van der Waals surface area contributed by atoms with Crippen LogP contribution >= 0.6 is 0 Å². The highest BCUT2D eigenvalue weighted by Crippen LogP contribution is 2.00. The second-order valence-electron chi connectivity index (χ2n) is 2.93. The Kier molecular flexibility index (Phi) is 4.52. The first-order chi connectivity index (χ1) is 7.74. The molecule has 0 fully saturated rings. The van der Waals surface area contributed by atoms with E-state index in [0.717, 1.165) is 11.9 Å². The molecule has 0 unspecified atom stereocenters. The number of benzene rings is 1. The number of carboxylic acid groups (broad SMARTS) is 1. The van der Waals surface area contributed by atoms with E-state index in [1.807, 2.05) is 30.3 Å². The van der Waals surface area contributed by atoms with Gasteiger partial charge in [-0.15, -0.1) is 0 Å². The summed E-state index contributed by atoms with van der Waals surface area (Å²) in [5, 5.41) is 15.7. The van der Waals surface area contributed by atoms with Gasteiger partial charge in [0.2, 0.25) is 0 Å². The minimum absolute atomic E-state index is 0.00824. The van der Waals surface area contributed by atoms with Crippen LogP contribution in [0.5, 0.6) is 0 Å². The Morgan fingerprint density at radius 2 is 2.12 bits per heavy atom. The lowest BCUT2D eigenvalue weighted by molar-refractivity contribution is -0.129. The standard InChI is InChI=1S/C10H12N4O2/c11-12-7-13-14-9(10(15)16)6-8-4-2-1-3-5-8/h1-5,7H,6,11H2,(H,12,13)(H,15,16). The molecule has 0 atom stereocenters. The number of hydrazone groups is 2. The quantitative estimate of drug-likeness (QED) is 0.285. The Morgan fingerprint density at radius 3 is 2.69 bits per heavy atom. The van der Waals surface area contributed by atoms with E-state index in [4.69, 9.17) is 10.9 Å². The van der Waals surface area contributed by atoms with E-state index in [1.165, 1.54) is 0 Å². The SMILES string of the molecule is NN=CNN=C(Cc1ccccc1)C(=O)O. The smallest absolute Gasteiger partial charge is 0.352 e. The Hall–Kier alpha value is -2.37. The summed E-state index contributed by atoms with van der Waals surface area (Å²) in [5.41, 5.74) is 3.19. The van der Waals surface area contributed by atoms with Crippen LogP contribution in [0.4, 0.5) is 0 Å². The van der Waals surface area contributed by atoms with Gasteiger partial charge in [0.1, 0.15) is 12.1 Å². The van der Waals surface area contributed by atoms with Crippen LogP contribution in [0.15, 0.2) is 40.5 Å². The molecule has 1 rings (SSSR count). The largest absolute Gasteiger partial charge is 0.477 e.